The number of hydrogen-bond donors (Lipinski definition) is 0. The third-order valence-corrected chi connectivity index (χ3v) is 15.6. The lowest BCUT2D eigenvalue weighted by Gasteiger charge is -2.33. The first-order valence-electron chi connectivity index (χ1n) is 26.7. The van der Waals surface area contributed by atoms with Gasteiger partial charge in [-0.05, 0) is 67.4 Å². The van der Waals surface area contributed by atoms with Crippen LogP contribution in [0.4, 0.5) is 45.5 Å². The predicted octanol–water partition coefficient (Wildman–Crippen LogP) is 9.47. The molecule has 4 saturated heterocycles. The molecule has 0 saturated carbocycles. The summed E-state index contributed by atoms with van der Waals surface area (Å²) in [5, 5.41) is 10.1. The van der Waals surface area contributed by atoms with E-state index in [1.54, 1.807) is 0 Å². The van der Waals surface area contributed by atoms with E-state index in [-0.39, 0.29) is 0 Å². The van der Waals surface area contributed by atoms with Gasteiger partial charge in [0.25, 0.3) is 0 Å². The molecule has 0 atom stereocenters. The smallest absolute Gasteiger partial charge is 0.206 e. The van der Waals surface area contributed by atoms with E-state index >= 15 is 0 Å². The number of benzene rings is 8. The molecule has 14 rings (SSSR count). The van der Waals surface area contributed by atoms with Crippen LogP contribution in [0.2, 0.25) is 0 Å². The second-order valence-electron chi connectivity index (χ2n) is 19.8. The molecule has 4 fully saturated rings. The van der Waals surface area contributed by atoms with Crippen molar-refractivity contribution in [1.29, 1.82) is 0 Å². The fraction of sp³-hybridized carbons (Fsp3) is 0.323. The topological polar surface area (TPSA) is 62.4 Å². The second-order valence-corrected chi connectivity index (χ2v) is 19.8. The van der Waals surface area contributed by atoms with E-state index in [1.165, 1.54) is 88.6 Å². The molecule has 376 valence electrons. The van der Waals surface area contributed by atoms with Crippen molar-refractivity contribution in [1.82, 2.24) is 0 Å². The highest BCUT2D eigenvalue weighted by atomic mass is 16.5. The molecule has 74 heavy (non-hydrogen) atoms. The summed E-state index contributed by atoms with van der Waals surface area (Å²) < 4.78 is 27.4. The lowest BCUT2D eigenvalue weighted by atomic mass is 10.1. The van der Waals surface area contributed by atoms with E-state index in [0.29, 0.717) is 0 Å². The van der Waals surface area contributed by atoms with Gasteiger partial charge in [0.05, 0.1) is 75.6 Å². The van der Waals surface area contributed by atoms with E-state index in [9.17, 15) is 0 Å². The molecule has 0 aliphatic carbocycles. The Balaban J connectivity index is 0.000000143. The standard InChI is InChI=1S/2C31H32N4O2/c2*1-3-7-26-24(5-1)9-11-28(32-15-19-36-20-16-32)30(26)34-13-14-35(23-34)31-27-8-4-2-6-25(27)10-12-29(31)33-17-21-37-22-18-33/h2*1-12H,13-22H2. The monoisotopic (exact) mass is 985 g/mol. The van der Waals surface area contributed by atoms with Crippen LogP contribution in [0, 0.1) is 0 Å². The third-order valence-electron chi connectivity index (χ3n) is 15.6. The van der Waals surface area contributed by atoms with Gasteiger partial charge in [0.1, 0.15) is 26.2 Å². The van der Waals surface area contributed by atoms with Gasteiger partial charge in [-0.25, -0.2) is 0 Å². The van der Waals surface area contributed by atoms with Crippen LogP contribution in [0.15, 0.2) is 146 Å². The number of nitrogens with zero attached hydrogens (tertiary/aromatic N) is 8. The van der Waals surface area contributed by atoms with Crippen molar-refractivity contribution in [3.05, 3.63) is 146 Å². The van der Waals surface area contributed by atoms with Crippen LogP contribution >= 0.6 is 0 Å². The van der Waals surface area contributed by atoms with Crippen molar-refractivity contribution in [2.75, 3.05) is 161 Å². The maximum Gasteiger partial charge on any atom is 0.206 e. The molecule has 6 heterocycles. The molecule has 0 bridgehead atoms. The summed E-state index contributed by atoms with van der Waals surface area (Å²) in [7, 11) is 0. The number of ether oxygens (including phenoxy) is 4. The van der Waals surface area contributed by atoms with Crippen molar-refractivity contribution in [3.63, 3.8) is 0 Å². The molecule has 0 amide bonds. The quantitative estimate of drug-likeness (QED) is 0.109. The van der Waals surface area contributed by atoms with Gasteiger partial charge in [0.2, 0.25) is 12.7 Å². The summed E-state index contributed by atoms with van der Waals surface area (Å²) in [4.78, 5) is 14.6. The second kappa shape index (κ2) is 21.0. The Bertz CT molecular complexity index is 3170. The number of hydrogen-bond acceptors (Lipinski definition) is 10. The first-order valence-corrected chi connectivity index (χ1v) is 26.7. The van der Waals surface area contributed by atoms with Crippen molar-refractivity contribution in [2.24, 2.45) is 0 Å². The highest BCUT2D eigenvalue weighted by Crippen LogP contribution is 2.43. The largest absolute Gasteiger partial charge is 0.378 e. The fourth-order valence-corrected chi connectivity index (χ4v) is 11.9. The molecular weight excluding hydrogens is 921 g/mol. The first kappa shape index (κ1) is 46.6. The summed E-state index contributed by atoms with van der Waals surface area (Å²) in [5.74, 6) is 0. The van der Waals surface area contributed by atoms with Gasteiger partial charge >= 0.3 is 0 Å². The van der Waals surface area contributed by atoms with E-state index in [4.69, 9.17) is 18.9 Å². The Morgan fingerprint density at radius 3 is 0.932 bits per heavy atom. The zero-order valence-electron chi connectivity index (χ0n) is 42.2. The highest BCUT2D eigenvalue weighted by molar-refractivity contribution is 6.07. The maximum atomic E-state index is 5.67. The van der Waals surface area contributed by atoms with Crippen molar-refractivity contribution in [2.45, 2.75) is 0 Å². The van der Waals surface area contributed by atoms with Gasteiger partial charge in [-0.1, -0.05) is 121 Å². The van der Waals surface area contributed by atoms with Crippen LogP contribution in [-0.4, -0.2) is 153 Å². The Labute approximate surface area is 434 Å². The molecule has 0 spiro atoms. The Morgan fingerprint density at radius 1 is 0.297 bits per heavy atom. The van der Waals surface area contributed by atoms with E-state index in [1.807, 2.05) is 0 Å². The van der Waals surface area contributed by atoms with Crippen molar-refractivity contribution < 1.29 is 28.1 Å². The van der Waals surface area contributed by atoms with Crippen LogP contribution in [-0.2, 0) is 18.9 Å². The molecule has 12 heteroatoms. The Morgan fingerprint density at radius 2 is 0.581 bits per heavy atom. The van der Waals surface area contributed by atoms with Crippen molar-refractivity contribution >= 4 is 101 Å². The lowest BCUT2D eigenvalue weighted by Crippen LogP contribution is -2.37. The first-order chi connectivity index (χ1) is 36.7. The number of fused-ring (bicyclic) bond motifs is 4. The summed E-state index contributed by atoms with van der Waals surface area (Å²) in [6, 6.07) is 53.0. The van der Waals surface area contributed by atoms with Gasteiger partial charge < -0.3 is 57.5 Å². The van der Waals surface area contributed by atoms with E-state index in [2.05, 4.69) is 197 Å². The number of anilines is 6. The minimum Gasteiger partial charge on any atom is -0.378 e. The average Bonchev–Trinajstić information content (AvgIpc) is 4.18. The van der Waals surface area contributed by atoms with E-state index < -0.39 is 0 Å². The molecule has 0 N–H and O–H groups in total. The van der Waals surface area contributed by atoms with Gasteiger partial charge in [0.15, 0.2) is 0 Å². The van der Waals surface area contributed by atoms with Crippen LogP contribution in [0.3, 0.4) is 0 Å². The minimum atomic E-state index is 0.769. The molecular formula is C62H64N8O4. The summed E-state index contributed by atoms with van der Waals surface area (Å²) in [6.45, 7) is 17.0. The SMILES string of the molecule is [C-]1=[N+](c2c(N3CCOCC3)ccc3ccccc23)CCN1c1c(N2CCOCC2)ccc2ccccc12.[C-]1=[N+](c2c(N3CCOCC3)ccc3ccccc23)CCN1c1c(N2CCOCC2)ccc2ccccc12. The zero-order valence-corrected chi connectivity index (χ0v) is 42.2. The van der Waals surface area contributed by atoms with Crippen LogP contribution in [0.25, 0.3) is 43.1 Å². The number of morpholine rings is 4. The zero-order chi connectivity index (χ0) is 49.2. The predicted molar refractivity (Wildman–Crippen MR) is 302 cm³/mol. The van der Waals surface area contributed by atoms with Crippen molar-refractivity contribution in [3.8, 4) is 0 Å². The fourth-order valence-electron chi connectivity index (χ4n) is 11.9. The minimum absolute atomic E-state index is 0.769. The molecule has 6 aliphatic rings. The van der Waals surface area contributed by atoms with Gasteiger partial charge in [-0.2, -0.15) is 0 Å². The third kappa shape index (κ3) is 9.04. The molecule has 6 aliphatic heterocycles. The molecule has 0 unspecified atom stereocenters. The Hall–Kier alpha value is -7.22. The van der Waals surface area contributed by atoms with Gasteiger partial charge in [-0.3, -0.25) is 0 Å². The molecule has 12 nitrogen and oxygen atoms in total. The van der Waals surface area contributed by atoms with Crippen LogP contribution < -0.4 is 29.4 Å². The highest BCUT2D eigenvalue weighted by Gasteiger charge is 2.29. The van der Waals surface area contributed by atoms with Crippen LogP contribution in [0.5, 0.6) is 0 Å². The lowest BCUT2D eigenvalue weighted by molar-refractivity contribution is -0.421. The molecule has 0 aromatic heterocycles. The molecule has 0 radical (unpaired) electrons. The van der Waals surface area contributed by atoms with Crippen LogP contribution in [0.1, 0.15) is 0 Å². The molecule has 8 aromatic carbocycles. The summed E-state index contributed by atoms with van der Waals surface area (Å²) >= 11 is 0. The number of rotatable bonds is 8. The average molecular weight is 985 g/mol. The Kier molecular flexibility index (Phi) is 13.2. The van der Waals surface area contributed by atoms with E-state index in [0.717, 1.165) is 131 Å². The molecule has 8 aromatic rings. The maximum absolute atomic E-state index is 5.67. The normalized spacial score (nSPS) is 18.6. The van der Waals surface area contributed by atoms with Gasteiger partial charge in [0, 0.05) is 75.1 Å². The summed E-state index contributed by atoms with van der Waals surface area (Å²) in [5.41, 5.74) is 10.0. The van der Waals surface area contributed by atoms with Gasteiger partial charge in [-0.15, -0.1) is 0 Å². The summed E-state index contributed by atoms with van der Waals surface area (Å²) in [6.07, 6.45) is 7.64.